The molecule has 2 rings (SSSR count). The van der Waals surface area contributed by atoms with Gasteiger partial charge in [-0.05, 0) is 0 Å². The molecule has 0 amide bonds. The lowest BCUT2D eigenvalue weighted by Crippen LogP contribution is -2.21. The number of rotatable bonds is 1. The maximum atomic E-state index is 8.91. The van der Waals surface area contributed by atoms with Crippen molar-refractivity contribution in [1.29, 1.82) is 0 Å². The summed E-state index contributed by atoms with van der Waals surface area (Å²) in [5.74, 6) is 0.963. The highest BCUT2D eigenvalue weighted by atomic mass is 35.5. The Morgan fingerprint density at radius 1 is 1.45 bits per heavy atom. The first kappa shape index (κ1) is 9.26. The Morgan fingerprint density at radius 3 is 3.00 bits per heavy atom. The van der Waals surface area contributed by atoms with Gasteiger partial charge in [-0.3, -0.25) is 0 Å². The summed E-state index contributed by atoms with van der Waals surface area (Å²) in [7, 11) is 0. The van der Waals surface area contributed by atoms with Crippen molar-refractivity contribution in [1.82, 2.24) is 5.32 Å². The molecule has 0 unspecified atom stereocenters. The van der Waals surface area contributed by atoms with E-state index >= 15 is 0 Å². The van der Waals surface area contributed by atoms with Gasteiger partial charge in [0.15, 0.2) is 0 Å². The monoisotopic (exact) mass is 179 g/mol. The standard InChI is InChI=1S/C7H13NO2.ClH/c9-3-5-4-10-7-2-8-1-6(5)7;/h5-9H,1-4H2;1H/t5-,6-,7-;/m1./s1. The van der Waals surface area contributed by atoms with Gasteiger partial charge >= 0.3 is 0 Å². The second-order valence-corrected chi connectivity index (χ2v) is 3.14. The molecule has 2 heterocycles. The molecule has 2 saturated heterocycles. The molecule has 11 heavy (non-hydrogen) atoms. The molecule has 2 fully saturated rings. The van der Waals surface area contributed by atoms with Gasteiger partial charge in [0, 0.05) is 31.5 Å². The van der Waals surface area contributed by atoms with Gasteiger partial charge in [0.1, 0.15) is 0 Å². The van der Waals surface area contributed by atoms with Gasteiger partial charge in [0.05, 0.1) is 12.7 Å². The second kappa shape index (κ2) is 3.72. The summed E-state index contributed by atoms with van der Waals surface area (Å²) in [6.07, 6.45) is 0.386. The van der Waals surface area contributed by atoms with E-state index in [1.165, 1.54) is 0 Å². The van der Waals surface area contributed by atoms with E-state index in [9.17, 15) is 0 Å². The van der Waals surface area contributed by atoms with Crippen LogP contribution in [0.2, 0.25) is 0 Å². The number of hydrogen-bond acceptors (Lipinski definition) is 3. The van der Waals surface area contributed by atoms with Crippen molar-refractivity contribution in [2.75, 3.05) is 26.3 Å². The average Bonchev–Trinajstić information content (AvgIpc) is 2.44. The van der Waals surface area contributed by atoms with E-state index in [0.717, 1.165) is 19.7 Å². The van der Waals surface area contributed by atoms with Crippen LogP contribution in [0.4, 0.5) is 0 Å². The molecule has 66 valence electrons. The first-order chi connectivity index (χ1) is 4.92. The molecule has 0 radical (unpaired) electrons. The number of fused-ring (bicyclic) bond motifs is 1. The third-order valence-electron chi connectivity index (χ3n) is 2.57. The van der Waals surface area contributed by atoms with Crippen molar-refractivity contribution >= 4 is 12.4 Å². The molecule has 0 aromatic rings. The highest BCUT2D eigenvalue weighted by Gasteiger charge is 2.39. The fourth-order valence-corrected chi connectivity index (χ4v) is 1.89. The lowest BCUT2D eigenvalue weighted by Gasteiger charge is -2.10. The van der Waals surface area contributed by atoms with E-state index in [-0.39, 0.29) is 19.0 Å². The summed E-state index contributed by atoms with van der Waals surface area (Å²) in [5, 5.41) is 12.2. The maximum Gasteiger partial charge on any atom is 0.0744 e. The third kappa shape index (κ3) is 1.51. The molecular weight excluding hydrogens is 166 g/mol. The van der Waals surface area contributed by atoms with Crippen molar-refractivity contribution in [2.24, 2.45) is 11.8 Å². The molecule has 0 spiro atoms. The van der Waals surface area contributed by atoms with Gasteiger partial charge in [-0.15, -0.1) is 12.4 Å². The minimum Gasteiger partial charge on any atom is -0.396 e. The molecule has 2 N–H and O–H groups in total. The summed E-state index contributed by atoms with van der Waals surface area (Å²) in [6.45, 7) is 3.04. The molecule has 0 aromatic carbocycles. The van der Waals surface area contributed by atoms with Crippen molar-refractivity contribution in [3.63, 3.8) is 0 Å². The van der Waals surface area contributed by atoms with Crippen LogP contribution in [0.15, 0.2) is 0 Å². The highest BCUT2D eigenvalue weighted by Crippen LogP contribution is 2.28. The average molecular weight is 180 g/mol. The smallest absolute Gasteiger partial charge is 0.0744 e. The van der Waals surface area contributed by atoms with Crippen LogP contribution < -0.4 is 5.32 Å². The Bertz CT molecular complexity index is 134. The van der Waals surface area contributed by atoms with Crippen LogP contribution in [0.3, 0.4) is 0 Å². The Hall–Kier alpha value is 0.170. The largest absolute Gasteiger partial charge is 0.396 e. The zero-order valence-corrected chi connectivity index (χ0v) is 7.14. The molecule has 0 saturated carbocycles. The molecule has 2 aliphatic heterocycles. The normalized spacial score (nSPS) is 41.7. The summed E-state index contributed by atoms with van der Waals surface area (Å²) < 4.78 is 5.46. The second-order valence-electron chi connectivity index (χ2n) is 3.14. The molecular formula is C7H14ClNO2. The quantitative estimate of drug-likeness (QED) is 0.578. The van der Waals surface area contributed by atoms with E-state index in [4.69, 9.17) is 9.84 Å². The summed E-state index contributed by atoms with van der Waals surface area (Å²) in [6, 6.07) is 0. The van der Waals surface area contributed by atoms with Crippen LogP contribution in [0, 0.1) is 11.8 Å². The van der Waals surface area contributed by atoms with Gasteiger partial charge in [-0.2, -0.15) is 0 Å². The predicted octanol–water partition coefficient (Wildman–Crippen LogP) is -0.365. The first-order valence-electron chi connectivity index (χ1n) is 3.85. The van der Waals surface area contributed by atoms with Crippen LogP contribution in [0.25, 0.3) is 0 Å². The van der Waals surface area contributed by atoms with Crippen LogP contribution in [0.5, 0.6) is 0 Å². The van der Waals surface area contributed by atoms with Crippen molar-refractivity contribution < 1.29 is 9.84 Å². The van der Waals surface area contributed by atoms with Crippen molar-refractivity contribution in [2.45, 2.75) is 6.10 Å². The zero-order chi connectivity index (χ0) is 6.97. The van der Waals surface area contributed by atoms with E-state index in [1.807, 2.05) is 0 Å². The molecule has 3 nitrogen and oxygen atoms in total. The Morgan fingerprint density at radius 2 is 2.27 bits per heavy atom. The third-order valence-corrected chi connectivity index (χ3v) is 2.57. The number of hydrogen-bond donors (Lipinski definition) is 2. The Labute approximate surface area is 72.5 Å². The lowest BCUT2D eigenvalue weighted by molar-refractivity contribution is 0.105. The maximum absolute atomic E-state index is 8.91. The predicted molar refractivity (Wildman–Crippen MR) is 43.9 cm³/mol. The molecule has 4 heteroatoms. The van der Waals surface area contributed by atoms with Crippen LogP contribution >= 0.6 is 12.4 Å². The molecule has 0 aromatic heterocycles. The number of halogens is 1. The van der Waals surface area contributed by atoms with E-state index in [1.54, 1.807) is 0 Å². The highest BCUT2D eigenvalue weighted by molar-refractivity contribution is 5.85. The van der Waals surface area contributed by atoms with Gasteiger partial charge in [0.2, 0.25) is 0 Å². The van der Waals surface area contributed by atoms with E-state index < -0.39 is 0 Å². The van der Waals surface area contributed by atoms with Crippen molar-refractivity contribution in [3.8, 4) is 0 Å². The minimum absolute atomic E-state index is 0. The molecule has 0 aliphatic carbocycles. The summed E-state index contributed by atoms with van der Waals surface area (Å²) in [4.78, 5) is 0. The number of aliphatic hydroxyl groups excluding tert-OH is 1. The van der Waals surface area contributed by atoms with E-state index in [0.29, 0.717) is 17.9 Å². The van der Waals surface area contributed by atoms with Crippen LogP contribution in [-0.2, 0) is 4.74 Å². The van der Waals surface area contributed by atoms with Crippen molar-refractivity contribution in [3.05, 3.63) is 0 Å². The van der Waals surface area contributed by atoms with Gasteiger partial charge in [-0.1, -0.05) is 0 Å². The molecule has 2 aliphatic rings. The lowest BCUT2D eigenvalue weighted by atomic mass is 9.94. The Balaban J connectivity index is 0.000000605. The zero-order valence-electron chi connectivity index (χ0n) is 6.32. The number of nitrogens with one attached hydrogen (secondary N) is 1. The van der Waals surface area contributed by atoms with Gasteiger partial charge in [0.25, 0.3) is 0 Å². The van der Waals surface area contributed by atoms with Gasteiger partial charge in [-0.25, -0.2) is 0 Å². The fourth-order valence-electron chi connectivity index (χ4n) is 1.89. The minimum atomic E-state index is 0. The van der Waals surface area contributed by atoms with Crippen LogP contribution in [-0.4, -0.2) is 37.5 Å². The summed E-state index contributed by atoms with van der Waals surface area (Å²) >= 11 is 0. The van der Waals surface area contributed by atoms with Gasteiger partial charge < -0.3 is 15.2 Å². The van der Waals surface area contributed by atoms with E-state index in [2.05, 4.69) is 5.32 Å². The van der Waals surface area contributed by atoms with Crippen LogP contribution in [0.1, 0.15) is 0 Å². The molecule has 3 atom stereocenters. The summed E-state index contributed by atoms with van der Waals surface area (Å²) in [5.41, 5.74) is 0. The molecule has 0 bridgehead atoms. The Kier molecular flexibility index (Phi) is 3.13. The fraction of sp³-hybridized carbons (Fsp3) is 1.00. The topological polar surface area (TPSA) is 41.5 Å². The SMILES string of the molecule is Cl.OC[C@@H]1CO[C@@H]2CNC[C@H]12. The number of aliphatic hydroxyl groups is 1. The first-order valence-corrected chi connectivity index (χ1v) is 3.85. The number of ether oxygens (including phenoxy) is 1.